The topological polar surface area (TPSA) is 12.0 Å². The van der Waals surface area contributed by atoms with Crippen LogP contribution >= 0.6 is 0 Å². The molecular weight excluding hydrogens is 98.1 g/mol. The van der Waals surface area contributed by atoms with Crippen LogP contribution in [0.3, 0.4) is 0 Å². The summed E-state index contributed by atoms with van der Waals surface area (Å²) in [6.07, 6.45) is 4.34. The van der Waals surface area contributed by atoms with Crippen molar-refractivity contribution in [3.05, 3.63) is 6.54 Å². The fraction of sp³-hybridized carbons (Fsp3) is 0.857. The third-order valence-electron chi connectivity index (χ3n) is 1.84. The molecule has 1 aliphatic rings. The highest BCUT2D eigenvalue weighted by molar-refractivity contribution is 4.72. The number of nitrogens with one attached hydrogen (secondary N) is 1. The Morgan fingerprint density at radius 1 is 1.62 bits per heavy atom. The number of hydrogen-bond acceptors (Lipinski definition) is 1. The van der Waals surface area contributed by atoms with Gasteiger partial charge >= 0.3 is 0 Å². The summed E-state index contributed by atoms with van der Waals surface area (Å²) in [6, 6.07) is 0. The molecule has 0 aliphatic heterocycles. The molecular formula is C7H14N. The van der Waals surface area contributed by atoms with Gasteiger partial charge in [0.1, 0.15) is 0 Å². The van der Waals surface area contributed by atoms with E-state index in [1.54, 1.807) is 0 Å². The Morgan fingerprint density at radius 2 is 2.38 bits per heavy atom. The van der Waals surface area contributed by atoms with Crippen LogP contribution in [-0.2, 0) is 0 Å². The summed E-state index contributed by atoms with van der Waals surface area (Å²) in [4.78, 5) is 0. The quantitative estimate of drug-likeness (QED) is 0.584. The van der Waals surface area contributed by atoms with Gasteiger partial charge in [-0.25, -0.2) is 0 Å². The molecule has 1 radical (unpaired) electrons. The predicted octanol–water partition coefficient (Wildman–Crippen LogP) is 1.56. The minimum Gasteiger partial charge on any atom is -0.312 e. The van der Waals surface area contributed by atoms with E-state index in [-0.39, 0.29) is 0 Å². The van der Waals surface area contributed by atoms with Crippen LogP contribution in [0.5, 0.6) is 0 Å². The maximum atomic E-state index is 3.23. The fourth-order valence-corrected chi connectivity index (χ4v) is 0.981. The van der Waals surface area contributed by atoms with E-state index in [4.69, 9.17) is 0 Å². The zero-order valence-corrected chi connectivity index (χ0v) is 5.48. The molecule has 1 N–H and O–H groups in total. The van der Waals surface area contributed by atoms with E-state index in [0.29, 0.717) is 0 Å². The van der Waals surface area contributed by atoms with Crippen LogP contribution in [0, 0.1) is 12.5 Å². The molecule has 1 rings (SSSR count). The summed E-state index contributed by atoms with van der Waals surface area (Å²) in [6.45, 7) is 5.27. The van der Waals surface area contributed by atoms with Crippen LogP contribution < -0.4 is 5.32 Å². The Balaban J connectivity index is 1.86. The van der Waals surface area contributed by atoms with Crippen LogP contribution in [0.1, 0.15) is 26.2 Å². The normalized spacial score (nSPS) is 20.6. The zero-order valence-electron chi connectivity index (χ0n) is 5.48. The van der Waals surface area contributed by atoms with Crippen molar-refractivity contribution in [3.63, 3.8) is 0 Å². The first-order valence-corrected chi connectivity index (χ1v) is 3.44. The molecule has 0 bridgehead atoms. The lowest BCUT2D eigenvalue weighted by molar-refractivity contribution is 0.309. The van der Waals surface area contributed by atoms with Crippen molar-refractivity contribution in [1.82, 2.24) is 5.32 Å². The van der Waals surface area contributed by atoms with E-state index in [1.165, 1.54) is 25.8 Å². The van der Waals surface area contributed by atoms with Gasteiger partial charge in [-0.1, -0.05) is 6.42 Å². The average Bonchev–Trinajstić information content (AvgIpc) is 1.63. The van der Waals surface area contributed by atoms with Gasteiger partial charge in [-0.3, -0.25) is 0 Å². The standard InChI is InChI=1S/C7H14N/c1-2-8-6-7-4-3-5-7/h2,7-8H,3-6H2,1H3. The second-order valence-electron chi connectivity index (χ2n) is 2.49. The van der Waals surface area contributed by atoms with E-state index in [9.17, 15) is 0 Å². The van der Waals surface area contributed by atoms with Gasteiger partial charge in [-0.2, -0.15) is 0 Å². The Kier molecular flexibility index (Phi) is 2.34. The van der Waals surface area contributed by atoms with Gasteiger partial charge in [-0.05, 0) is 32.2 Å². The van der Waals surface area contributed by atoms with Crippen molar-refractivity contribution >= 4 is 0 Å². The summed E-state index contributed by atoms with van der Waals surface area (Å²) < 4.78 is 0. The van der Waals surface area contributed by atoms with Gasteiger partial charge in [-0.15, -0.1) is 0 Å². The van der Waals surface area contributed by atoms with Gasteiger partial charge in [0.2, 0.25) is 0 Å². The Hall–Kier alpha value is -0.0400. The maximum absolute atomic E-state index is 3.23. The molecule has 0 aromatic rings. The molecule has 1 heteroatoms. The zero-order chi connectivity index (χ0) is 5.82. The monoisotopic (exact) mass is 112 g/mol. The van der Waals surface area contributed by atoms with Gasteiger partial charge in [0, 0.05) is 6.54 Å². The fourth-order valence-electron chi connectivity index (χ4n) is 0.981. The second-order valence-corrected chi connectivity index (χ2v) is 2.49. The molecule has 0 saturated heterocycles. The minimum absolute atomic E-state index is 0.992. The van der Waals surface area contributed by atoms with E-state index < -0.39 is 0 Å². The molecule has 0 spiro atoms. The second kappa shape index (κ2) is 3.08. The molecule has 0 heterocycles. The third-order valence-corrected chi connectivity index (χ3v) is 1.84. The molecule has 1 saturated carbocycles. The largest absolute Gasteiger partial charge is 0.312 e. The first-order valence-electron chi connectivity index (χ1n) is 3.44. The molecule has 1 aliphatic carbocycles. The SMILES string of the molecule is C[CH]NCC1CCC1. The molecule has 0 unspecified atom stereocenters. The lowest BCUT2D eigenvalue weighted by Crippen LogP contribution is -2.24. The summed E-state index contributed by atoms with van der Waals surface area (Å²) in [7, 11) is 0. The summed E-state index contributed by atoms with van der Waals surface area (Å²) >= 11 is 0. The lowest BCUT2D eigenvalue weighted by atomic mass is 9.85. The minimum atomic E-state index is 0.992. The third kappa shape index (κ3) is 1.48. The first-order chi connectivity index (χ1) is 3.93. The Labute approximate surface area is 51.5 Å². The molecule has 47 valence electrons. The highest BCUT2D eigenvalue weighted by atomic mass is 14.8. The van der Waals surface area contributed by atoms with Crippen molar-refractivity contribution in [2.75, 3.05) is 6.54 Å². The van der Waals surface area contributed by atoms with Crippen LogP contribution in [0.2, 0.25) is 0 Å². The predicted molar refractivity (Wildman–Crippen MR) is 35.3 cm³/mol. The van der Waals surface area contributed by atoms with Crippen LogP contribution in [0.15, 0.2) is 0 Å². The van der Waals surface area contributed by atoms with Crippen molar-refractivity contribution in [3.8, 4) is 0 Å². The summed E-state index contributed by atoms with van der Waals surface area (Å²) in [5, 5.41) is 3.23. The Bertz CT molecular complexity index is 57.4. The van der Waals surface area contributed by atoms with E-state index in [1.807, 2.05) is 13.5 Å². The van der Waals surface area contributed by atoms with Gasteiger partial charge in [0.25, 0.3) is 0 Å². The van der Waals surface area contributed by atoms with Crippen molar-refractivity contribution in [1.29, 1.82) is 0 Å². The Morgan fingerprint density at radius 3 is 2.75 bits per heavy atom. The number of hydrogen-bond donors (Lipinski definition) is 1. The average molecular weight is 112 g/mol. The number of rotatable bonds is 3. The van der Waals surface area contributed by atoms with Crippen LogP contribution in [-0.4, -0.2) is 6.54 Å². The highest BCUT2D eigenvalue weighted by Gasteiger charge is 2.15. The molecule has 1 nitrogen and oxygen atoms in total. The molecule has 1 fully saturated rings. The molecule has 8 heavy (non-hydrogen) atoms. The molecule has 0 atom stereocenters. The maximum Gasteiger partial charge on any atom is 0.0190 e. The molecule has 0 amide bonds. The molecule has 0 aromatic carbocycles. The lowest BCUT2D eigenvalue weighted by Gasteiger charge is -2.24. The van der Waals surface area contributed by atoms with E-state index >= 15 is 0 Å². The van der Waals surface area contributed by atoms with Crippen molar-refractivity contribution in [2.45, 2.75) is 26.2 Å². The van der Waals surface area contributed by atoms with Gasteiger partial charge in [0.15, 0.2) is 0 Å². The van der Waals surface area contributed by atoms with Gasteiger partial charge < -0.3 is 5.32 Å². The van der Waals surface area contributed by atoms with Crippen molar-refractivity contribution < 1.29 is 0 Å². The summed E-state index contributed by atoms with van der Waals surface area (Å²) in [5.74, 6) is 0.992. The highest BCUT2D eigenvalue weighted by Crippen LogP contribution is 2.24. The van der Waals surface area contributed by atoms with E-state index in [2.05, 4.69) is 5.32 Å². The van der Waals surface area contributed by atoms with Crippen molar-refractivity contribution in [2.24, 2.45) is 5.92 Å². The first kappa shape index (κ1) is 6.09. The van der Waals surface area contributed by atoms with Crippen LogP contribution in [0.4, 0.5) is 0 Å². The van der Waals surface area contributed by atoms with E-state index in [0.717, 1.165) is 5.92 Å². The van der Waals surface area contributed by atoms with Crippen LogP contribution in [0.25, 0.3) is 0 Å². The van der Waals surface area contributed by atoms with Gasteiger partial charge in [0.05, 0.1) is 0 Å². The smallest absolute Gasteiger partial charge is 0.0190 e. The summed E-state index contributed by atoms with van der Waals surface area (Å²) in [5.41, 5.74) is 0. The molecule has 0 aromatic heterocycles.